The molecule has 0 amide bonds. The molecule has 1 N–H and O–H groups in total. The van der Waals surface area contributed by atoms with Crippen molar-refractivity contribution < 1.29 is 4.39 Å². The van der Waals surface area contributed by atoms with Gasteiger partial charge in [0.05, 0.1) is 0 Å². The Morgan fingerprint density at radius 1 is 1.29 bits per heavy atom. The van der Waals surface area contributed by atoms with Crippen LogP contribution in [0.25, 0.3) is 0 Å². The van der Waals surface area contributed by atoms with Crippen molar-refractivity contribution in [3.8, 4) is 0 Å². The lowest BCUT2D eigenvalue weighted by Crippen LogP contribution is -2.37. The number of halogens is 1. The fourth-order valence-corrected chi connectivity index (χ4v) is 2.46. The molecule has 3 heteroatoms. The standard InChI is InChI=1S/C14H21FN2/c1-17-11-3-2-4-14(17)9-10-16-13-7-5-12(15)6-8-13/h5-8,14,16H,2-4,9-11H2,1H3. The first-order valence-electron chi connectivity index (χ1n) is 6.45. The van der Waals surface area contributed by atoms with Crippen molar-refractivity contribution >= 4 is 5.69 Å². The van der Waals surface area contributed by atoms with Gasteiger partial charge in [0, 0.05) is 18.3 Å². The summed E-state index contributed by atoms with van der Waals surface area (Å²) < 4.78 is 12.7. The summed E-state index contributed by atoms with van der Waals surface area (Å²) in [6.45, 7) is 2.18. The summed E-state index contributed by atoms with van der Waals surface area (Å²) in [7, 11) is 2.21. The highest BCUT2D eigenvalue weighted by molar-refractivity contribution is 5.42. The van der Waals surface area contributed by atoms with Crippen LogP contribution in [-0.4, -0.2) is 31.1 Å². The van der Waals surface area contributed by atoms with Crippen molar-refractivity contribution in [3.63, 3.8) is 0 Å². The monoisotopic (exact) mass is 236 g/mol. The molecule has 1 fully saturated rings. The molecule has 1 aromatic rings. The fourth-order valence-electron chi connectivity index (χ4n) is 2.46. The normalized spacial score (nSPS) is 21.4. The molecule has 0 bridgehead atoms. The van der Waals surface area contributed by atoms with E-state index in [-0.39, 0.29) is 5.82 Å². The van der Waals surface area contributed by atoms with Crippen LogP contribution in [0.4, 0.5) is 10.1 Å². The number of likely N-dealkylation sites (tertiary alicyclic amines) is 1. The van der Waals surface area contributed by atoms with Gasteiger partial charge < -0.3 is 10.2 Å². The van der Waals surface area contributed by atoms with E-state index in [9.17, 15) is 4.39 Å². The van der Waals surface area contributed by atoms with Crippen LogP contribution >= 0.6 is 0 Å². The Balaban J connectivity index is 1.73. The minimum absolute atomic E-state index is 0.178. The van der Waals surface area contributed by atoms with Gasteiger partial charge in [0.15, 0.2) is 0 Å². The molecule has 0 spiro atoms. The number of benzene rings is 1. The van der Waals surface area contributed by atoms with Crippen molar-refractivity contribution in [1.82, 2.24) is 4.90 Å². The minimum Gasteiger partial charge on any atom is -0.385 e. The first-order chi connectivity index (χ1) is 8.25. The summed E-state index contributed by atoms with van der Waals surface area (Å²) >= 11 is 0. The van der Waals surface area contributed by atoms with Crippen LogP contribution in [0.1, 0.15) is 25.7 Å². The van der Waals surface area contributed by atoms with Gasteiger partial charge in [-0.25, -0.2) is 4.39 Å². The van der Waals surface area contributed by atoms with Gasteiger partial charge in [-0.2, -0.15) is 0 Å². The fraction of sp³-hybridized carbons (Fsp3) is 0.571. The Labute approximate surface area is 103 Å². The van der Waals surface area contributed by atoms with Gasteiger partial charge in [-0.1, -0.05) is 6.42 Å². The zero-order valence-corrected chi connectivity index (χ0v) is 10.5. The zero-order chi connectivity index (χ0) is 12.1. The number of hydrogen-bond donors (Lipinski definition) is 1. The first kappa shape index (κ1) is 12.4. The van der Waals surface area contributed by atoms with Crippen molar-refractivity contribution in [2.24, 2.45) is 0 Å². The molecule has 94 valence electrons. The Kier molecular flexibility index (Phi) is 4.37. The summed E-state index contributed by atoms with van der Waals surface area (Å²) in [6, 6.07) is 7.28. The molecule has 17 heavy (non-hydrogen) atoms. The second kappa shape index (κ2) is 6.01. The van der Waals surface area contributed by atoms with E-state index in [4.69, 9.17) is 0 Å². The summed E-state index contributed by atoms with van der Waals surface area (Å²) in [5.74, 6) is -0.178. The first-order valence-corrected chi connectivity index (χ1v) is 6.45. The third kappa shape index (κ3) is 3.70. The maximum atomic E-state index is 12.7. The van der Waals surface area contributed by atoms with Crippen molar-refractivity contribution in [3.05, 3.63) is 30.1 Å². The van der Waals surface area contributed by atoms with E-state index in [0.29, 0.717) is 6.04 Å². The SMILES string of the molecule is CN1CCCCC1CCNc1ccc(F)cc1. The number of rotatable bonds is 4. The average molecular weight is 236 g/mol. The summed E-state index contributed by atoms with van der Waals surface area (Å²) in [5, 5.41) is 3.35. The van der Waals surface area contributed by atoms with Crippen molar-refractivity contribution in [2.75, 3.05) is 25.5 Å². The van der Waals surface area contributed by atoms with Gasteiger partial charge in [0.2, 0.25) is 0 Å². The maximum absolute atomic E-state index is 12.7. The van der Waals surface area contributed by atoms with Crippen molar-refractivity contribution in [2.45, 2.75) is 31.7 Å². The van der Waals surface area contributed by atoms with Crippen LogP contribution in [0.2, 0.25) is 0 Å². The van der Waals surface area contributed by atoms with Crippen LogP contribution in [-0.2, 0) is 0 Å². The average Bonchev–Trinajstić information content (AvgIpc) is 2.34. The number of piperidine rings is 1. The van der Waals surface area contributed by atoms with Gasteiger partial charge >= 0.3 is 0 Å². The molecule has 1 saturated heterocycles. The second-order valence-electron chi connectivity index (χ2n) is 4.85. The molecule has 0 aromatic heterocycles. The van der Waals surface area contributed by atoms with Gasteiger partial charge in [-0.05, 0) is 57.1 Å². The lowest BCUT2D eigenvalue weighted by Gasteiger charge is -2.32. The van der Waals surface area contributed by atoms with E-state index >= 15 is 0 Å². The Morgan fingerprint density at radius 2 is 2.06 bits per heavy atom. The quantitative estimate of drug-likeness (QED) is 0.864. The van der Waals surface area contributed by atoms with Crippen LogP contribution in [0.5, 0.6) is 0 Å². The summed E-state index contributed by atoms with van der Waals surface area (Å²) in [6.07, 6.45) is 5.15. The summed E-state index contributed by atoms with van der Waals surface area (Å²) in [4.78, 5) is 2.45. The highest BCUT2D eigenvalue weighted by Crippen LogP contribution is 2.18. The zero-order valence-electron chi connectivity index (χ0n) is 10.5. The Bertz CT molecular complexity index is 337. The van der Waals surface area contributed by atoms with E-state index in [0.717, 1.165) is 18.7 Å². The minimum atomic E-state index is -0.178. The molecule has 1 heterocycles. The van der Waals surface area contributed by atoms with Crippen LogP contribution < -0.4 is 5.32 Å². The largest absolute Gasteiger partial charge is 0.385 e. The number of hydrogen-bond acceptors (Lipinski definition) is 2. The van der Waals surface area contributed by atoms with E-state index in [1.54, 1.807) is 12.1 Å². The molecule has 0 radical (unpaired) electrons. The maximum Gasteiger partial charge on any atom is 0.123 e. The molecule has 0 aliphatic carbocycles. The molecule has 1 atom stereocenters. The molecule has 2 rings (SSSR count). The second-order valence-corrected chi connectivity index (χ2v) is 4.85. The molecule has 2 nitrogen and oxygen atoms in total. The third-order valence-corrected chi connectivity index (χ3v) is 3.57. The van der Waals surface area contributed by atoms with Crippen LogP contribution in [0, 0.1) is 5.82 Å². The molecule has 1 aromatic carbocycles. The molecule has 1 unspecified atom stereocenters. The predicted octanol–water partition coefficient (Wildman–Crippen LogP) is 3.11. The lowest BCUT2D eigenvalue weighted by atomic mass is 10.0. The van der Waals surface area contributed by atoms with E-state index in [1.165, 1.54) is 37.9 Å². The molecular weight excluding hydrogens is 215 g/mol. The predicted molar refractivity (Wildman–Crippen MR) is 69.8 cm³/mol. The Hall–Kier alpha value is -1.09. The number of nitrogens with one attached hydrogen (secondary N) is 1. The molecule has 1 aliphatic rings. The highest BCUT2D eigenvalue weighted by atomic mass is 19.1. The van der Waals surface area contributed by atoms with Gasteiger partial charge in [0.25, 0.3) is 0 Å². The molecule has 0 saturated carbocycles. The number of nitrogens with zero attached hydrogens (tertiary/aromatic N) is 1. The third-order valence-electron chi connectivity index (χ3n) is 3.57. The molecule has 1 aliphatic heterocycles. The number of anilines is 1. The van der Waals surface area contributed by atoms with Gasteiger partial charge in [-0.3, -0.25) is 0 Å². The van der Waals surface area contributed by atoms with E-state index < -0.39 is 0 Å². The van der Waals surface area contributed by atoms with Gasteiger partial charge in [0.1, 0.15) is 5.82 Å². The van der Waals surface area contributed by atoms with Crippen LogP contribution in [0.3, 0.4) is 0 Å². The Morgan fingerprint density at radius 3 is 2.76 bits per heavy atom. The van der Waals surface area contributed by atoms with Crippen LogP contribution in [0.15, 0.2) is 24.3 Å². The topological polar surface area (TPSA) is 15.3 Å². The molecular formula is C14H21FN2. The summed E-state index contributed by atoms with van der Waals surface area (Å²) in [5.41, 5.74) is 1.00. The smallest absolute Gasteiger partial charge is 0.123 e. The van der Waals surface area contributed by atoms with Gasteiger partial charge in [-0.15, -0.1) is 0 Å². The lowest BCUT2D eigenvalue weighted by molar-refractivity contribution is 0.179. The highest BCUT2D eigenvalue weighted by Gasteiger charge is 2.17. The van der Waals surface area contributed by atoms with E-state index in [2.05, 4.69) is 17.3 Å². The van der Waals surface area contributed by atoms with Crippen molar-refractivity contribution in [1.29, 1.82) is 0 Å². The van der Waals surface area contributed by atoms with E-state index in [1.807, 2.05) is 0 Å².